The molecule has 0 aromatic rings. The summed E-state index contributed by atoms with van der Waals surface area (Å²) >= 11 is 0. The third-order valence-electron chi connectivity index (χ3n) is 2.66. The molecular weight excluding hydrogens is 407 g/mol. The number of carbonyl (C=O) groups is 2. The minimum Gasteiger partial charge on any atom is -0.543 e. The molecule has 0 spiro atoms. The van der Waals surface area contributed by atoms with Crippen LogP contribution in [0.4, 0.5) is 0 Å². The van der Waals surface area contributed by atoms with Gasteiger partial charge in [-0.25, -0.2) is 0 Å². The van der Waals surface area contributed by atoms with Crippen LogP contribution in [0.2, 0.25) is 0 Å². The summed E-state index contributed by atoms with van der Waals surface area (Å²) < 4.78 is 0. The van der Waals surface area contributed by atoms with Gasteiger partial charge in [0.2, 0.25) is 0 Å². The quantitative estimate of drug-likeness (QED) is 0.407. The Morgan fingerprint density at radius 1 is 1.12 bits per heavy atom. The van der Waals surface area contributed by atoms with Crippen molar-refractivity contribution in [1.82, 2.24) is 0 Å². The Hall–Kier alpha value is -0.452. The third-order valence-corrected chi connectivity index (χ3v) is 2.66. The summed E-state index contributed by atoms with van der Waals surface area (Å²) in [7, 11) is 0. The first-order valence-electron chi connectivity index (χ1n) is 5.09. The molecule has 0 saturated heterocycles. The average Bonchev–Trinajstić information content (AvgIpc) is 2.12. The number of carboxylic acid groups (broad SMARTS) is 2. The fourth-order valence-electron chi connectivity index (χ4n) is 1.66. The van der Waals surface area contributed by atoms with Crippen molar-refractivity contribution in [2.75, 3.05) is 0 Å². The number of hydrogen-bond donors (Lipinski definition) is 2. The van der Waals surface area contributed by atoms with Crippen LogP contribution in [0.3, 0.4) is 0 Å². The van der Waals surface area contributed by atoms with Crippen molar-refractivity contribution in [2.45, 2.75) is 45.2 Å². The molecule has 6 nitrogen and oxygen atoms in total. The van der Waals surface area contributed by atoms with Crippen LogP contribution in [0, 0.1) is 5.41 Å². The number of nitrogens with two attached hydrogens (primary N) is 2. The van der Waals surface area contributed by atoms with E-state index in [0.29, 0.717) is 5.41 Å². The summed E-state index contributed by atoms with van der Waals surface area (Å²) in [5, 5.41) is 17.9. The van der Waals surface area contributed by atoms with Crippen LogP contribution in [0.5, 0.6) is 0 Å². The monoisotopic (exact) mass is 425 g/mol. The van der Waals surface area contributed by atoms with E-state index in [4.69, 9.17) is 31.3 Å². The Balaban J connectivity index is 0. The second-order valence-electron chi connectivity index (χ2n) is 4.81. The van der Waals surface area contributed by atoms with Gasteiger partial charge < -0.3 is 31.3 Å². The molecule has 0 aromatic carbocycles. The molecule has 1 saturated carbocycles. The normalized spacial score (nSPS) is 25.9. The van der Waals surface area contributed by atoms with Crippen molar-refractivity contribution < 1.29 is 40.9 Å². The molecule has 0 amide bonds. The molecule has 1 rings (SSSR count). The Kier molecular flexibility index (Phi) is 8.67. The topological polar surface area (TPSA) is 132 Å². The van der Waals surface area contributed by atoms with Crippen molar-refractivity contribution in [3.05, 3.63) is 0 Å². The largest absolute Gasteiger partial charge is 2.00 e. The average molecular weight is 425 g/mol. The van der Waals surface area contributed by atoms with Gasteiger partial charge in [-0.05, 0) is 24.7 Å². The van der Waals surface area contributed by atoms with Crippen LogP contribution in [-0.2, 0) is 30.7 Å². The summed E-state index contributed by atoms with van der Waals surface area (Å²) in [5.74, 6) is -4.37. The second kappa shape index (κ2) is 7.79. The summed E-state index contributed by atoms with van der Waals surface area (Å²) in [6, 6.07) is 0.469. The van der Waals surface area contributed by atoms with Gasteiger partial charge in [-0.2, -0.15) is 0 Å². The maximum atomic E-state index is 8.93. The van der Waals surface area contributed by atoms with Gasteiger partial charge in [0.05, 0.1) is 11.9 Å². The SMILES string of the molecule is CC1(C)CCC(N)C(N)C1.O=C([O-])C(=O)[O-].[Pt+2]. The third kappa shape index (κ3) is 8.30. The summed E-state index contributed by atoms with van der Waals surface area (Å²) in [6.07, 6.45) is 3.39. The number of carbonyl (C=O) groups excluding carboxylic acids is 2. The molecule has 102 valence electrons. The smallest absolute Gasteiger partial charge is 0.543 e. The summed E-state index contributed by atoms with van der Waals surface area (Å²) in [5.41, 5.74) is 12.0. The molecule has 1 aliphatic carbocycles. The maximum Gasteiger partial charge on any atom is 2.00 e. The van der Waals surface area contributed by atoms with Crippen molar-refractivity contribution in [2.24, 2.45) is 16.9 Å². The molecule has 4 N–H and O–H groups in total. The van der Waals surface area contributed by atoms with Gasteiger partial charge in [0, 0.05) is 12.1 Å². The van der Waals surface area contributed by atoms with Crippen LogP contribution < -0.4 is 21.7 Å². The van der Waals surface area contributed by atoms with E-state index in [0.717, 1.165) is 12.8 Å². The van der Waals surface area contributed by atoms with E-state index in [1.54, 1.807) is 0 Å². The standard InChI is InChI=1S/C8H18N2.C2H2O4.Pt/c1-8(2)4-3-6(9)7(10)5-8;3-1(4)2(5)6;/h6-7H,3-5,9-10H2,1-2H3;(H,3,4)(H,5,6);/q;;+2/p-2. The van der Waals surface area contributed by atoms with E-state index in [1.807, 2.05) is 0 Å². The molecule has 0 aliphatic heterocycles. The van der Waals surface area contributed by atoms with Crippen molar-refractivity contribution in [1.29, 1.82) is 0 Å². The first kappa shape index (κ1) is 18.9. The predicted molar refractivity (Wildman–Crippen MR) is 53.6 cm³/mol. The molecule has 1 aliphatic rings. The van der Waals surface area contributed by atoms with Gasteiger partial charge in [-0.3, -0.25) is 0 Å². The molecule has 17 heavy (non-hydrogen) atoms. The summed E-state index contributed by atoms with van der Waals surface area (Å²) in [4.78, 5) is 17.9. The van der Waals surface area contributed by atoms with E-state index in [9.17, 15) is 0 Å². The zero-order chi connectivity index (χ0) is 12.9. The van der Waals surface area contributed by atoms with Crippen LogP contribution in [-0.4, -0.2) is 24.0 Å². The van der Waals surface area contributed by atoms with Gasteiger partial charge >= 0.3 is 21.1 Å². The fourth-order valence-corrected chi connectivity index (χ4v) is 1.66. The van der Waals surface area contributed by atoms with E-state index in [-0.39, 0.29) is 33.1 Å². The first-order valence-corrected chi connectivity index (χ1v) is 5.09. The molecule has 0 aromatic heterocycles. The second-order valence-corrected chi connectivity index (χ2v) is 4.81. The molecule has 0 bridgehead atoms. The Morgan fingerprint density at radius 2 is 1.53 bits per heavy atom. The Bertz CT molecular complexity index is 259. The van der Waals surface area contributed by atoms with Gasteiger partial charge in [0.1, 0.15) is 0 Å². The van der Waals surface area contributed by atoms with Gasteiger partial charge in [0.25, 0.3) is 0 Å². The van der Waals surface area contributed by atoms with Crippen LogP contribution in [0.1, 0.15) is 33.1 Å². The minimum atomic E-state index is -2.19. The van der Waals surface area contributed by atoms with E-state index in [1.165, 1.54) is 6.42 Å². The zero-order valence-electron chi connectivity index (χ0n) is 9.88. The van der Waals surface area contributed by atoms with Crippen LogP contribution in [0.15, 0.2) is 0 Å². The van der Waals surface area contributed by atoms with Gasteiger partial charge in [0.15, 0.2) is 0 Å². The Labute approximate surface area is 115 Å². The molecule has 0 heterocycles. The molecule has 0 radical (unpaired) electrons. The van der Waals surface area contributed by atoms with Crippen molar-refractivity contribution in [3.63, 3.8) is 0 Å². The molecule has 1 fully saturated rings. The van der Waals surface area contributed by atoms with Gasteiger partial charge in [-0.1, -0.05) is 13.8 Å². The number of rotatable bonds is 0. The maximum absolute atomic E-state index is 8.93. The summed E-state index contributed by atoms with van der Waals surface area (Å²) in [6.45, 7) is 4.53. The van der Waals surface area contributed by atoms with Crippen LogP contribution in [0.25, 0.3) is 0 Å². The predicted octanol–water partition coefficient (Wildman–Crippen LogP) is -2.67. The van der Waals surface area contributed by atoms with Gasteiger partial charge in [-0.15, -0.1) is 0 Å². The minimum absolute atomic E-state index is 0. The first-order chi connectivity index (χ1) is 7.15. The molecule has 7 heteroatoms. The van der Waals surface area contributed by atoms with E-state index in [2.05, 4.69) is 13.8 Å². The zero-order valence-corrected chi connectivity index (χ0v) is 12.2. The Morgan fingerprint density at radius 3 is 1.76 bits per heavy atom. The molecule has 2 unspecified atom stereocenters. The van der Waals surface area contributed by atoms with Crippen molar-refractivity contribution >= 4 is 11.9 Å². The van der Waals surface area contributed by atoms with Crippen molar-refractivity contribution in [3.8, 4) is 0 Å². The molecular formula is C10H18N2O4Pt. The number of carboxylic acids is 2. The number of aliphatic carboxylic acids is 2. The van der Waals surface area contributed by atoms with Crippen LogP contribution >= 0.6 is 0 Å². The van der Waals surface area contributed by atoms with E-state index < -0.39 is 11.9 Å². The van der Waals surface area contributed by atoms with E-state index >= 15 is 0 Å². The molecule has 2 atom stereocenters. The number of hydrogen-bond acceptors (Lipinski definition) is 6. The fraction of sp³-hybridized carbons (Fsp3) is 0.800.